The molecule has 2 N–H and O–H groups in total. The van der Waals surface area contributed by atoms with Crippen molar-refractivity contribution in [3.63, 3.8) is 0 Å². The number of nitrogens with zero attached hydrogens (tertiary/aromatic N) is 4. The highest BCUT2D eigenvalue weighted by Gasteiger charge is 2.14. The Kier molecular flexibility index (Phi) is 4.76. The average Bonchev–Trinajstić information content (AvgIpc) is 3.15. The molecule has 0 aliphatic heterocycles. The molecule has 2 aromatic carbocycles. The molecule has 9 nitrogen and oxygen atoms in total. The third-order valence-electron chi connectivity index (χ3n) is 3.34. The van der Waals surface area contributed by atoms with E-state index < -0.39 is 16.0 Å². The summed E-state index contributed by atoms with van der Waals surface area (Å²) in [7, 11) is -3.77. The minimum Gasteiger partial charge on any atom is -0.478 e. The van der Waals surface area contributed by atoms with E-state index >= 15 is 0 Å². The standard InChI is InChI=1S/C16H13N5O4S/c22-16(23)10-3-12-1-8-15(9-2-12)26(24,25)18-13-4-6-14(7-5-13)21-11-17-19-20-21/h1-11,18H,(H,22,23). The van der Waals surface area contributed by atoms with E-state index in [1.165, 1.54) is 41.4 Å². The van der Waals surface area contributed by atoms with Gasteiger partial charge in [0.05, 0.1) is 10.6 Å². The minimum absolute atomic E-state index is 0.0644. The Labute approximate surface area is 148 Å². The van der Waals surface area contributed by atoms with E-state index in [1.54, 1.807) is 24.3 Å². The Morgan fingerprint density at radius 3 is 2.35 bits per heavy atom. The smallest absolute Gasteiger partial charge is 0.328 e. The van der Waals surface area contributed by atoms with Crippen LogP contribution in [-0.4, -0.2) is 39.7 Å². The van der Waals surface area contributed by atoms with Gasteiger partial charge in [-0.1, -0.05) is 12.1 Å². The first-order chi connectivity index (χ1) is 12.4. The summed E-state index contributed by atoms with van der Waals surface area (Å²) in [5, 5.41) is 19.4. The van der Waals surface area contributed by atoms with Crippen molar-refractivity contribution in [3.05, 3.63) is 66.5 Å². The normalized spacial score (nSPS) is 11.5. The van der Waals surface area contributed by atoms with Crippen LogP contribution in [0.2, 0.25) is 0 Å². The molecule has 10 heteroatoms. The molecule has 0 amide bonds. The van der Waals surface area contributed by atoms with E-state index in [0.29, 0.717) is 16.9 Å². The lowest BCUT2D eigenvalue weighted by Crippen LogP contribution is -2.12. The molecule has 0 saturated heterocycles. The van der Waals surface area contributed by atoms with Gasteiger partial charge in [0.2, 0.25) is 0 Å². The summed E-state index contributed by atoms with van der Waals surface area (Å²) >= 11 is 0. The van der Waals surface area contributed by atoms with Crippen LogP contribution in [0, 0.1) is 0 Å². The predicted molar refractivity (Wildman–Crippen MR) is 93.1 cm³/mol. The van der Waals surface area contributed by atoms with Gasteiger partial charge in [-0.15, -0.1) is 5.10 Å². The van der Waals surface area contributed by atoms with Crippen LogP contribution >= 0.6 is 0 Å². The summed E-state index contributed by atoms with van der Waals surface area (Å²) < 4.78 is 28.8. The molecule has 0 fully saturated rings. The van der Waals surface area contributed by atoms with Gasteiger partial charge in [-0.25, -0.2) is 17.9 Å². The number of benzene rings is 2. The predicted octanol–water partition coefficient (Wildman–Crippen LogP) is 1.56. The second kappa shape index (κ2) is 7.15. The largest absolute Gasteiger partial charge is 0.478 e. The van der Waals surface area contributed by atoms with Crippen LogP contribution in [0.3, 0.4) is 0 Å². The Morgan fingerprint density at radius 1 is 1.08 bits per heavy atom. The molecular weight excluding hydrogens is 358 g/mol. The van der Waals surface area contributed by atoms with Crippen LogP contribution in [0.1, 0.15) is 5.56 Å². The number of aromatic nitrogens is 4. The molecule has 26 heavy (non-hydrogen) atoms. The third-order valence-corrected chi connectivity index (χ3v) is 4.74. The van der Waals surface area contributed by atoms with Crippen LogP contribution in [0.15, 0.2) is 65.8 Å². The van der Waals surface area contributed by atoms with Gasteiger partial charge in [0.25, 0.3) is 10.0 Å². The molecule has 132 valence electrons. The van der Waals surface area contributed by atoms with Crippen molar-refractivity contribution in [1.29, 1.82) is 0 Å². The lowest BCUT2D eigenvalue weighted by molar-refractivity contribution is -0.131. The number of rotatable bonds is 6. The van der Waals surface area contributed by atoms with Crippen molar-refractivity contribution >= 4 is 27.8 Å². The summed E-state index contributed by atoms with van der Waals surface area (Å²) in [6, 6.07) is 12.4. The zero-order valence-electron chi connectivity index (χ0n) is 13.2. The first kappa shape index (κ1) is 17.3. The molecule has 0 spiro atoms. The van der Waals surface area contributed by atoms with E-state index in [2.05, 4.69) is 20.2 Å². The Hall–Kier alpha value is -3.53. The SMILES string of the molecule is O=C(O)C=Cc1ccc(S(=O)(=O)Nc2ccc(-n3cnnn3)cc2)cc1. The number of carboxylic acid groups (broad SMARTS) is 1. The minimum atomic E-state index is -3.77. The van der Waals surface area contributed by atoms with Crippen LogP contribution in [0.4, 0.5) is 5.69 Å². The fourth-order valence-corrected chi connectivity index (χ4v) is 3.16. The van der Waals surface area contributed by atoms with Crippen molar-refractivity contribution < 1.29 is 18.3 Å². The molecular formula is C16H13N5O4S. The number of anilines is 1. The van der Waals surface area contributed by atoms with E-state index in [0.717, 1.165) is 6.08 Å². The van der Waals surface area contributed by atoms with Crippen molar-refractivity contribution in [2.75, 3.05) is 4.72 Å². The highest BCUT2D eigenvalue weighted by molar-refractivity contribution is 7.92. The fourth-order valence-electron chi connectivity index (χ4n) is 2.10. The van der Waals surface area contributed by atoms with E-state index in [1.807, 2.05) is 0 Å². The fraction of sp³-hybridized carbons (Fsp3) is 0. The zero-order chi connectivity index (χ0) is 18.6. The van der Waals surface area contributed by atoms with Crippen LogP contribution in [0.25, 0.3) is 11.8 Å². The van der Waals surface area contributed by atoms with Crippen LogP contribution < -0.4 is 4.72 Å². The molecule has 0 saturated carbocycles. The van der Waals surface area contributed by atoms with Gasteiger partial charge < -0.3 is 5.11 Å². The molecule has 3 aromatic rings. The number of carboxylic acids is 1. The van der Waals surface area contributed by atoms with E-state index in [9.17, 15) is 13.2 Å². The molecule has 1 aromatic heterocycles. The molecule has 0 radical (unpaired) electrons. The van der Waals surface area contributed by atoms with E-state index in [-0.39, 0.29) is 4.90 Å². The quantitative estimate of drug-likeness (QED) is 0.629. The number of sulfonamides is 1. The van der Waals surface area contributed by atoms with Gasteiger partial charge in [-0.3, -0.25) is 4.72 Å². The van der Waals surface area contributed by atoms with Crippen LogP contribution in [0.5, 0.6) is 0 Å². The summed E-state index contributed by atoms with van der Waals surface area (Å²) in [4.78, 5) is 10.6. The van der Waals surface area contributed by atoms with Crippen molar-refractivity contribution in [2.45, 2.75) is 4.90 Å². The van der Waals surface area contributed by atoms with Gasteiger partial charge >= 0.3 is 5.97 Å². The summed E-state index contributed by atoms with van der Waals surface area (Å²) in [6.07, 6.45) is 3.79. The first-order valence-electron chi connectivity index (χ1n) is 7.31. The van der Waals surface area contributed by atoms with Crippen LogP contribution in [-0.2, 0) is 14.8 Å². The van der Waals surface area contributed by atoms with Gasteiger partial charge in [0.15, 0.2) is 0 Å². The molecule has 0 bridgehead atoms. The number of nitrogens with one attached hydrogen (secondary N) is 1. The third kappa shape index (κ3) is 4.11. The van der Waals surface area contributed by atoms with Gasteiger partial charge in [0.1, 0.15) is 6.33 Å². The number of aliphatic carboxylic acids is 1. The topological polar surface area (TPSA) is 127 Å². The summed E-state index contributed by atoms with van der Waals surface area (Å²) in [5.41, 5.74) is 1.65. The zero-order valence-corrected chi connectivity index (χ0v) is 14.0. The second-order valence-electron chi connectivity index (χ2n) is 5.15. The lowest BCUT2D eigenvalue weighted by Gasteiger charge is -2.09. The molecule has 0 unspecified atom stereocenters. The molecule has 0 atom stereocenters. The number of carbonyl (C=O) groups is 1. The Balaban J connectivity index is 1.75. The number of tetrazole rings is 1. The van der Waals surface area contributed by atoms with Crippen molar-refractivity contribution in [2.24, 2.45) is 0 Å². The molecule has 1 heterocycles. The maximum atomic E-state index is 12.4. The van der Waals surface area contributed by atoms with Crippen molar-refractivity contribution in [3.8, 4) is 5.69 Å². The Morgan fingerprint density at radius 2 is 1.77 bits per heavy atom. The molecule has 0 aliphatic rings. The van der Waals surface area contributed by atoms with Crippen molar-refractivity contribution in [1.82, 2.24) is 20.2 Å². The lowest BCUT2D eigenvalue weighted by atomic mass is 10.2. The maximum absolute atomic E-state index is 12.4. The van der Waals surface area contributed by atoms with Gasteiger partial charge in [-0.2, -0.15) is 0 Å². The highest BCUT2D eigenvalue weighted by atomic mass is 32.2. The number of hydrogen-bond acceptors (Lipinski definition) is 6. The van der Waals surface area contributed by atoms with E-state index in [4.69, 9.17) is 5.11 Å². The highest BCUT2D eigenvalue weighted by Crippen LogP contribution is 2.18. The van der Waals surface area contributed by atoms with Gasteiger partial charge in [0, 0.05) is 11.8 Å². The first-order valence-corrected chi connectivity index (χ1v) is 8.80. The summed E-state index contributed by atoms with van der Waals surface area (Å²) in [6.45, 7) is 0. The average molecular weight is 371 g/mol. The van der Waals surface area contributed by atoms with Gasteiger partial charge in [-0.05, 0) is 58.5 Å². The monoisotopic (exact) mass is 371 g/mol. The second-order valence-corrected chi connectivity index (χ2v) is 6.83. The Bertz CT molecular complexity index is 1030. The maximum Gasteiger partial charge on any atom is 0.328 e. The molecule has 3 rings (SSSR count). The number of hydrogen-bond donors (Lipinski definition) is 2. The molecule has 0 aliphatic carbocycles. The summed E-state index contributed by atoms with van der Waals surface area (Å²) in [5.74, 6) is -1.08.